The molecule has 0 spiro atoms. The van der Waals surface area contributed by atoms with Gasteiger partial charge in [-0.1, -0.05) is 29.8 Å². The minimum atomic E-state index is -0.532. The number of hydrogen-bond donors (Lipinski definition) is 2. The Kier molecular flexibility index (Phi) is 4.95. The lowest BCUT2D eigenvalue weighted by Crippen LogP contribution is -2.54. The number of amides is 1. The number of rotatable bonds is 4. The molecular weight excluding hydrogens is 312 g/mol. The highest BCUT2D eigenvalue weighted by Gasteiger charge is 2.34. The number of carbonyl (C=O) groups is 1. The van der Waals surface area contributed by atoms with Crippen LogP contribution in [0.1, 0.15) is 43.9 Å². The zero-order valence-corrected chi connectivity index (χ0v) is 15.6. The maximum Gasteiger partial charge on any atom is 0.242 e. The van der Waals surface area contributed by atoms with Gasteiger partial charge in [0.05, 0.1) is 11.7 Å². The lowest BCUT2D eigenvalue weighted by molar-refractivity contribution is -0.138. The Bertz CT molecular complexity index is 732. The minimum Gasteiger partial charge on any atom is -0.340 e. The summed E-state index contributed by atoms with van der Waals surface area (Å²) in [6, 6.07) is 8.52. The molecule has 134 valence electrons. The third-order valence-electron chi connectivity index (χ3n) is 5.31. The van der Waals surface area contributed by atoms with Gasteiger partial charge >= 0.3 is 0 Å². The Morgan fingerprint density at radius 2 is 2.04 bits per heavy atom. The number of benzene rings is 1. The van der Waals surface area contributed by atoms with Gasteiger partial charge in [0.15, 0.2) is 0 Å². The molecule has 1 amide bonds. The van der Waals surface area contributed by atoms with E-state index in [4.69, 9.17) is 0 Å². The molecule has 1 aromatic heterocycles. The summed E-state index contributed by atoms with van der Waals surface area (Å²) in [6.45, 7) is 7.54. The van der Waals surface area contributed by atoms with Crippen LogP contribution in [0, 0.1) is 6.92 Å². The summed E-state index contributed by atoms with van der Waals surface area (Å²) in [5, 5.41) is 10.6. The molecule has 0 saturated carbocycles. The number of nitrogens with zero attached hydrogens (tertiary/aromatic N) is 2. The van der Waals surface area contributed by atoms with Crippen LogP contribution in [-0.2, 0) is 4.79 Å². The van der Waals surface area contributed by atoms with Crippen LogP contribution in [0.5, 0.6) is 0 Å². The SMILES string of the molecule is CNC(C)(C)C(=O)N1CCC[C@H](c2[nH]ncc2-c2ccc(C)cc2)C1. The molecule has 25 heavy (non-hydrogen) atoms. The summed E-state index contributed by atoms with van der Waals surface area (Å²) in [6.07, 6.45) is 3.99. The monoisotopic (exact) mass is 340 g/mol. The number of carbonyl (C=O) groups excluding carboxylic acids is 1. The predicted molar refractivity (Wildman–Crippen MR) is 100 cm³/mol. The molecule has 3 rings (SSSR count). The average molecular weight is 340 g/mol. The van der Waals surface area contributed by atoms with Gasteiger partial charge in [-0.15, -0.1) is 0 Å². The fourth-order valence-electron chi connectivity index (χ4n) is 3.47. The number of aromatic nitrogens is 2. The smallest absolute Gasteiger partial charge is 0.242 e. The summed E-state index contributed by atoms with van der Waals surface area (Å²) in [4.78, 5) is 14.8. The zero-order chi connectivity index (χ0) is 18.0. The zero-order valence-electron chi connectivity index (χ0n) is 15.6. The number of aromatic amines is 1. The van der Waals surface area contributed by atoms with Crippen molar-refractivity contribution in [3.63, 3.8) is 0 Å². The van der Waals surface area contributed by atoms with Crippen molar-refractivity contribution in [2.45, 2.75) is 45.1 Å². The molecule has 1 atom stereocenters. The van der Waals surface area contributed by atoms with E-state index < -0.39 is 5.54 Å². The van der Waals surface area contributed by atoms with Gasteiger partial charge in [0.1, 0.15) is 0 Å². The van der Waals surface area contributed by atoms with Gasteiger partial charge in [-0.3, -0.25) is 9.89 Å². The van der Waals surface area contributed by atoms with E-state index in [1.54, 1.807) is 0 Å². The topological polar surface area (TPSA) is 61.0 Å². The Hall–Kier alpha value is -2.14. The fraction of sp³-hybridized carbons (Fsp3) is 0.500. The van der Waals surface area contributed by atoms with Crippen LogP contribution in [0.2, 0.25) is 0 Å². The molecule has 5 heteroatoms. The van der Waals surface area contributed by atoms with Crippen LogP contribution < -0.4 is 5.32 Å². The third-order valence-corrected chi connectivity index (χ3v) is 5.31. The number of likely N-dealkylation sites (N-methyl/N-ethyl adjacent to an activating group) is 1. The Labute approximate surface area is 149 Å². The number of likely N-dealkylation sites (tertiary alicyclic amines) is 1. The Morgan fingerprint density at radius 1 is 1.32 bits per heavy atom. The maximum atomic E-state index is 12.8. The molecule has 0 aliphatic carbocycles. The average Bonchev–Trinajstić information content (AvgIpc) is 3.11. The van der Waals surface area contributed by atoms with Crippen molar-refractivity contribution in [2.24, 2.45) is 0 Å². The second-order valence-corrected chi connectivity index (χ2v) is 7.53. The van der Waals surface area contributed by atoms with Crippen molar-refractivity contribution in [2.75, 3.05) is 20.1 Å². The van der Waals surface area contributed by atoms with Crippen molar-refractivity contribution in [3.05, 3.63) is 41.7 Å². The Morgan fingerprint density at radius 3 is 2.72 bits per heavy atom. The van der Waals surface area contributed by atoms with E-state index in [0.717, 1.165) is 37.2 Å². The molecule has 1 fully saturated rings. The highest BCUT2D eigenvalue weighted by atomic mass is 16.2. The molecular formula is C20H28N4O. The van der Waals surface area contributed by atoms with Crippen LogP contribution >= 0.6 is 0 Å². The molecule has 2 aromatic rings. The summed E-state index contributed by atoms with van der Waals surface area (Å²) in [5.41, 5.74) is 4.18. The first kappa shape index (κ1) is 17.7. The van der Waals surface area contributed by atoms with Crippen LogP contribution in [0.15, 0.2) is 30.5 Å². The van der Waals surface area contributed by atoms with Crippen LogP contribution in [0.4, 0.5) is 0 Å². The highest BCUT2D eigenvalue weighted by molar-refractivity contribution is 5.85. The van der Waals surface area contributed by atoms with E-state index in [1.807, 2.05) is 32.0 Å². The molecule has 1 aliphatic heterocycles. The van der Waals surface area contributed by atoms with Crippen molar-refractivity contribution in [3.8, 4) is 11.1 Å². The van der Waals surface area contributed by atoms with E-state index >= 15 is 0 Å². The van der Waals surface area contributed by atoms with E-state index in [9.17, 15) is 4.79 Å². The second kappa shape index (κ2) is 7.00. The van der Waals surface area contributed by atoms with Crippen molar-refractivity contribution in [1.82, 2.24) is 20.4 Å². The van der Waals surface area contributed by atoms with Crippen LogP contribution in [0.25, 0.3) is 11.1 Å². The van der Waals surface area contributed by atoms with Crippen LogP contribution in [0.3, 0.4) is 0 Å². The van der Waals surface area contributed by atoms with Gasteiger partial charge in [-0.2, -0.15) is 5.10 Å². The molecule has 0 bridgehead atoms. The van der Waals surface area contributed by atoms with Crippen molar-refractivity contribution < 1.29 is 4.79 Å². The molecule has 5 nitrogen and oxygen atoms in total. The molecule has 0 radical (unpaired) electrons. The molecule has 1 saturated heterocycles. The van der Waals surface area contributed by atoms with Crippen molar-refractivity contribution >= 4 is 5.91 Å². The standard InChI is InChI=1S/C20H28N4O/c1-14-7-9-15(10-8-14)17-12-22-23-18(17)16-6-5-11-24(13-16)19(25)20(2,3)21-4/h7-10,12,16,21H,5-6,11,13H2,1-4H3,(H,22,23)/t16-/m0/s1. The largest absolute Gasteiger partial charge is 0.340 e. The molecule has 1 aliphatic rings. The van der Waals surface area contributed by atoms with Gasteiger partial charge in [-0.25, -0.2) is 0 Å². The normalized spacial score (nSPS) is 18.4. The number of nitrogens with one attached hydrogen (secondary N) is 2. The molecule has 2 N–H and O–H groups in total. The molecule has 2 heterocycles. The van der Waals surface area contributed by atoms with Gasteiger partial charge in [0, 0.05) is 30.3 Å². The predicted octanol–water partition coefficient (Wildman–Crippen LogP) is 3.09. The minimum absolute atomic E-state index is 0.163. The van der Waals surface area contributed by atoms with Gasteiger partial charge < -0.3 is 10.2 Å². The van der Waals surface area contributed by atoms with Gasteiger partial charge in [0.25, 0.3) is 0 Å². The highest BCUT2D eigenvalue weighted by Crippen LogP contribution is 2.33. The first-order chi connectivity index (χ1) is 11.9. The van der Waals surface area contributed by atoms with Gasteiger partial charge in [0.2, 0.25) is 5.91 Å². The first-order valence-corrected chi connectivity index (χ1v) is 9.01. The summed E-state index contributed by atoms with van der Waals surface area (Å²) >= 11 is 0. The van der Waals surface area contributed by atoms with Gasteiger partial charge in [-0.05, 0) is 46.2 Å². The third kappa shape index (κ3) is 3.61. The lowest BCUT2D eigenvalue weighted by Gasteiger charge is -2.37. The lowest BCUT2D eigenvalue weighted by atomic mass is 9.89. The van der Waals surface area contributed by atoms with Crippen LogP contribution in [-0.4, -0.2) is 46.7 Å². The number of aryl methyl sites for hydroxylation is 1. The quantitative estimate of drug-likeness (QED) is 0.899. The number of hydrogen-bond acceptors (Lipinski definition) is 3. The number of H-pyrrole nitrogens is 1. The van der Waals surface area contributed by atoms with E-state index in [2.05, 4.69) is 46.7 Å². The van der Waals surface area contributed by atoms with E-state index in [1.165, 1.54) is 11.1 Å². The Balaban J connectivity index is 1.82. The summed E-state index contributed by atoms with van der Waals surface area (Å²) in [5.74, 6) is 0.459. The summed E-state index contributed by atoms with van der Waals surface area (Å²) < 4.78 is 0. The summed E-state index contributed by atoms with van der Waals surface area (Å²) in [7, 11) is 1.84. The molecule has 1 aromatic carbocycles. The second-order valence-electron chi connectivity index (χ2n) is 7.53. The van der Waals surface area contributed by atoms with Crippen molar-refractivity contribution in [1.29, 1.82) is 0 Å². The fourth-order valence-corrected chi connectivity index (χ4v) is 3.47. The molecule has 0 unspecified atom stereocenters. The number of piperidine rings is 1. The van der Waals surface area contributed by atoms with E-state index in [0.29, 0.717) is 5.92 Å². The first-order valence-electron chi connectivity index (χ1n) is 9.01. The maximum absolute atomic E-state index is 12.8. The van der Waals surface area contributed by atoms with E-state index in [-0.39, 0.29) is 5.91 Å².